The fraction of sp³-hybridized carbons (Fsp3) is 0.105. The third kappa shape index (κ3) is 3.30. The second-order valence-corrected chi connectivity index (χ2v) is 5.36. The molecule has 1 nitrogen and oxygen atoms in total. The molecule has 0 bridgehead atoms. The number of alkyl halides is 3. The normalized spacial score (nSPS) is 12.8. The molecule has 1 unspecified atom stereocenters. The second kappa shape index (κ2) is 6.43. The maximum absolute atomic E-state index is 14.3. The summed E-state index contributed by atoms with van der Waals surface area (Å²) in [6.07, 6.45) is -1.22. The Morgan fingerprint density at radius 1 is 0.792 bits per heavy atom. The molecular weight excluding hydrogens is 318 g/mol. The number of pyridine rings is 1. The van der Waals surface area contributed by atoms with E-state index in [0.717, 1.165) is 12.1 Å². The SMILES string of the molecule is Fc1ccccc1C(c1ccc(C(F)(F)F)cc1)c1cccnc1. The van der Waals surface area contributed by atoms with Crippen LogP contribution < -0.4 is 0 Å². The van der Waals surface area contributed by atoms with E-state index in [-0.39, 0.29) is 0 Å². The monoisotopic (exact) mass is 331 g/mol. The highest BCUT2D eigenvalue weighted by molar-refractivity contribution is 5.43. The molecule has 3 rings (SSSR count). The van der Waals surface area contributed by atoms with Crippen LogP contribution in [0.25, 0.3) is 0 Å². The number of hydrogen-bond acceptors (Lipinski definition) is 1. The number of rotatable bonds is 3. The zero-order valence-corrected chi connectivity index (χ0v) is 12.5. The summed E-state index contributed by atoms with van der Waals surface area (Å²) in [6.45, 7) is 0. The van der Waals surface area contributed by atoms with Crippen LogP contribution in [0.15, 0.2) is 73.1 Å². The van der Waals surface area contributed by atoms with Crippen molar-refractivity contribution in [1.82, 2.24) is 4.98 Å². The number of halogens is 4. The highest BCUT2D eigenvalue weighted by atomic mass is 19.4. The maximum Gasteiger partial charge on any atom is 0.416 e. The zero-order chi connectivity index (χ0) is 17.2. The van der Waals surface area contributed by atoms with E-state index in [9.17, 15) is 17.6 Å². The summed E-state index contributed by atoms with van der Waals surface area (Å²) in [5, 5.41) is 0. The lowest BCUT2D eigenvalue weighted by Gasteiger charge is -2.19. The molecule has 0 amide bonds. The molecule has 0 saturated carbocycles. The Hall–Kier alpha value is -2.69. The molecule has 0 N–H and O–H groups in total. The largest absolute Gasteiger partial charge is 0.416 e. The molecule has 0 saturated heterocycles. The van der Waals surface area contributed by atoms with Gasteiger partial charge in [-0.05, 0) is 41.0 Å². The lowest BCUT2D eigenvalue weighted by Crippen LogP contribution is -2.08. The van der Waals surface area contributed by atoms with Crippen LogP contribution in [0.4, 0.5) is 17.6 Å². The van der Waals surface area contributed by atoms with Crippen LogP contribution in [0.2, 0.25) is 0 Å². The Bertz CT molecular complexity index is 811. The molecule has 1 heterocycles. The summed E-state index contributed by atoms with van der Waals surface area (Å²) in [7, 11) is 0. The quantitative estimate of drug-likeness (QED) is 0.584. The summed E-state index contributed by atoms with van der Waals surface area (Å²) < 4.78 is 52.6. The first kappa shape index (κ1) is 16.2. The molecule has 5 heteroatoms. The number of benzene rings is 2. The molecule has 0 spiro atoms. The molecule has 0 radical (unpaired) electrons. The van der Waals surface area contributed by atoms with Crippen molar-refractivity contribution >= 4 is 0 Å². The molecule has 3 aromatic rings. The Morgan fingerprint density at radius 3 is 2.08 bits per heavy atom. The van der Waals surface area contributed by atoms with Crippen molar-refractivity contribution in [1.29, 1.82) is 0 Å². The average molecular weight is 331 g/mol. The molecule has 2 aromatic carbocycles. The first-order valence-corrected chi connectivity index (χ1v) is 7.28. The molecule has 0 aliphatic heterocycles. The van der Waals surface area contributed by atoms with Crippen molar-refractivity contribution < 1.29 is 17.6 Å². The van der Waals surface area contributed by atoms with Gasteiger partial charge in [-0.25, -0.2) is 4.39 Å². The Balaban J connectivity index is 2.11. The first-order chi connectivity index (χ1) is 11.5. The predicted octanol–water partition coefficient (Wildman–Crippen LogP) is 5.42. The zero-order valence-electron chi connectivity index (χ0n) is 12.5. The Labute approximate surface area is 136 Å². The van der Waals surface area contributed by atoms with Gasteiger partial charge >= 0.3 is 6.18 Å². The minimum atomic E-state index is -4.40. The predicted molar refractivity (Wildman–Crippen MR) is 83.0 cm³/mol. The van der Waals surface area contributed by atoms with E-state index in [4.69, 9.17) is 0 Å². The van der Waals surface area contributed by atoms with Gasteiger partial charge < -0.3 is 0 Å². The van der Waals surface area contributed by atoms with Gasteiger partial charge in [0.05, 0.1) is 5.56 Å². The smallest absolute Gasteiger partial charge is 0.264 e. The molecule has 24 heavy (non-hydrogen) atoms. The topological polar surface area (TPSA) is 12.9 Å². The van der Waals surface area contributed by atoms with Gasteiger partial charge in [0, 0.05) is 18.3 Å². The van der Waals surface area contributed by atoms with Crippen LogP contribution in [0.3, 0.4) is 0 Å². The molecule has 1 atom stereocenters. The summed E-state index contributed by atoms with van der Waals surface area (Å²) in [6, 6.07) is 14.5. The van der Waals surface area contributed by atoms with Crippen molar-refractivity contribution in [3.63, 3.8) is 0 Å². The fourth-order valence-corrected chi connectivity index (χ4v) is 2.67. The summed E-state index contributed by atoms with van der Waals surface area (Å²) in [5.74, 6) is -0.937. The minimum Gasteiger partial charge on any atom is -0.264 e. The van der Waals surface area contributed by atoms with Crippen LogP contribution >= 0.6 is 0 Å². The average Bonchev–Trinajstić information content (AvgIpc) is 2.58. The lowest BCUT2D eigenvalue weighted by molar-refractivity contribution is -0.137. The highest BCUT2D eigenvalue weighted by Crippen LogP contribution is 2.35. The Kier molecular flexibility index (Phi) is 4.34. The van der Waals surface area contributed by atoms with Crippen LogP contribution in [0.1, 0.15) is 28.2 Å². The molecule has 0 fully saturated rings. The highest BCUT2D eigenvalue weighted by Gasteiger charge is 2.30. The van der Waals surface area contributed by atoms with E-state index in [0.29, 0.717) is 16.7 Å². The summed E-state index contributed by atoms with van der Waals surface area (Å²) in [5.41, 5.74) is 0.943. The van der Waals surface area contributed by atoms with E-state index >= 15 is 0 Å². The number of hydrogen-bond donors (Lipinski definition) is 0. The third-order valence-corrected chi connectivity index (χ3v) is 3.81. The van der Waals surface area contributed by atoms with Crippen molar-refractivity contribution in [2.24, 2.45) is 0 Å². The minimum absolute atomic E-state index is 0.394. The molecule has 122 valence electrons. The second-order valence-electron chi connectivity index (χ2n) is 5.36. The van der Waals surface area contributed by atoms with E-state index in [1.54, 1.807) is 42.7 Å². The van der Waals surface area contributed by atoms with E-state index in [2.05, 4.69) is 4.98 Å². The van der Waals surface area contributed by atoms with E-state index in [1.807, 2.05) is 0 Å². The molecular formula is C19H13F4N. The van der Waals surface area contributed by atoms with Gasteiger partial charge in [0.1, 0.15) is 5.82 Å². The fourth-order valence-electron chi connectivity index (χ4n) is 2.67. The molecule has 1 aromatic heterocycles. The van der Waals surface area contributed by atoms with Crippen LogP contribution in [-0.2, 0) is 6.18 Å². The molecule has 0 aliphatic rings. The van der Waals surface area contributed by atoms with Gasteiger partial charge in [0.15, 0.2) is 0 Å². The van der Waals surface area contributed by atoms with Gasteiger partial charge in [-0.3, -0.25) is 4.98 Å². The third-order valence-electron chi connectivity index (χ3n) is 3.81. The lowest BCUT2D eigenvalue weighted by atomic mass is 9.85. The van der Waals surface area contributed by atoms with Crippen LogP contribution in [0.5, 0.6) is 0 Å². The van der Waals surface area contributed by atoms with E-state index < -0.39 is 23.5 Å². The number of nitrogens with zero attached hydrogens (tertiary/aromatic N) is 1. The van der Waals surface area contributed by atoms with Crippen molar-refractivity contribution in [3.05, 3.63) is 101 Å². The Morgan fingerprint density at radius 2 is 1.50 bits per heavy atom. The van der Waals surface area contributed by atoms with Gasteiger partial charge in [0.25, 0.3) is 0 Å². The van der Waals surface area contributed by atoms with Gasteiger partial charge in [-0.2, -0.15) is 13.2 Å². The van der Waals surface area contributed by atoms with Gasteiger partial charge in [-0.15, -0.1) is 0 Å². The van der Waals surface area contributed by atoms with E-state index in [1.165, 1.54) is 18.2 Å². The van der Waals surface area contributed by atoms with Gasteiger partial charge in [-0.1, -0.05) is 36.4 Å². The maximum atomic E-state index is 14.3. The van der Waals surface area contributed by atoms with Crippen molar-refractivity contribution in [2.45, 2.75) is 12.1 Å². The molecule has 0 aliphatic carbocycles. The van der Waals surface area contributed by atoms with Crippen molar-refractivity contribution in [3.8, 4) is 0 Å². The summed E-state index contributed by atoms with van der Waals surface area (Å²) in [4.78, 5) is 4.04. The summed E-state index contributed by atoms with van der Waals surface area (Å²) >= 11 is 0. The van der Waals surface area contributed by atoms with Gasteiger partial charge in [0.2, 0.25) is 0 Å². The van der Waals surface area contributed by atoms with Crippen LogP contribution in [0, 0.1) is 5.82 Å². The first-order valence-electron chi connectivity index (χ1n) is 7.28. The van der Waals surface area contributed by atoms with Crippen LogP contribution in [-0.4, -0.2) is 4.98 Å². The number of aromatic nitrogens is 1. The van der Waals surface area contributed by atoms with Crippen molar-refractivity contribution in [2.75, 3.05) is 0 Å². The standard InChI is InChI=1S/C19H13F4N/c20-17-6-2-1-5-16(17)18(14-4-3-11-24-12-14)13-7-9-15(10-8-13)19(21,22)23/h1-12,18H.